The molecule has 32 heavy (non-hydrogen) atoms. The second-order valence-electron chi connectivity index (χ2n) is 8.18. The first-order chi connectivity index (χ1) is 15.6. The number of ether oxygens (including phenoxy) is 3. The average molecular weight is 435 g/mol. The Morgan fingerprint density at radius 3 is 2.78 bits per heavy atom. The maximum absolute atomic E-state index is 13.2. The number of pyridine rings is 1. The van der Waals surface area contributed by atoms with Crippen LogP contribution in [0.2, 0.25) is 0 Å². The first-order valence-electron chi connectivity index (χ1n) is 11.0. The molecular formula is C26H30N2O4. The molecule has 1 aliphatic rings. The molecule has 0 spiro atoms. The molecule has 0 unspecified atom stereocenters. The van der Waals surface area contributed by atoms with Gasteiger partial charge in [0.05, 0.1) is 24.9 Å². The van der Waals surface area contributed by atoms with Gasteiger partial charge in [0, 0.05) is 43.8 Å². The van der Waals surface area contributed by atoms with E-state index in [1.165, 1.54) is 0 Å². The van der Waals surface area contributed by atoms with Crippen LogP contribution in [0, 0.1) is 6.92 Å². The van der Waals surface area contributed by atoms with Crippen molar-refractivity contribution in [2.24, 2.45) is 0 Å². The zero-order valence-corrected chi connectivity index (χ0v) is 19.0. The van der Waals surface area contributed by atoms with Crippen molar-refractivity contribution in [3.63, 3.8) is 0 Å². The lowest BCUT2D eigenvalue weighted by molar-refractivity contribution is -0.142. The Kier molecular flexibility index (Phi) is 7.02. The lowest BCUT2D eigenvalue weighted by Gasteiger charge is -2.26. The maximum Gasteiger partial charge on any atom is 0.252 e. The molecule has 1 aromatic heterocycles. The molecule has 6 nitrogen and oxygen atoms in total. The minimum atomic E-state index is -0.369. The third kappa shape index (κ3) is 4.92. The molecule has 0 radical (unpaired) electrons. The summed E-state index contributed by atoms with van der Waals surface area (Å²) >= 11 is 0. The van der Waals surface area contributed by atoms with Crippen LogP contribution in [0.1, 0.15) is 24.0 Å². The van der Waals surface area contributed by atoms with Crippen LogP contribution >= 0.6 is 0 Å². The number of methoxy groups -OCH3 is 2. The first-order valence-corrected chi connectivity index (χ1v) is 11.0. The molecule has 1 amide bonds. The molecule has 0 N–H and O–H groups in total. The number of carbonyl (C=O) groups excluding carboxylic acids is 1. The van der Waals surface area contributed by atoms with Crippen LogP contribution in [0.25, 0.3) is 22.2 Å². The van der Waals surface area contributed by atoms with E-state index in [1.54, 1.807) is 14.2 Å². The van der Waals surface area contributed by atoms with Gasteiger partial charge < -0.3 is 19.1 Å². The molecular weight excluding hydrogens is 404 g/mol. The fourth-order valence-electron chi connectivity index (χ4n) is 4.13. The van der Waals surface area contributed by atoms with Gasteiger partial charge in [0.15, 0.2) is 0 Å². The SMILES string of the molecule is COCCN(Cc1cc2ccc(OC)cc2nc1-c1cccc(C)c1)C(=O)[C@@H]1CCCO1. The topological polar surface area (TPSA) is 60.9 Å². The number of nitrogens with zero attached hydrogens (tertiary/aromatic N) is 2. The Morgan fingerprint density at radius 2 is 2.06 bits per heavy atom. The molecule has 1 saturated heterocycles. The summed E-state index contributed by atoms with van der Waals surface area (Å²) in [6, 6.07) is 16.3. The van der Waals surface area contributed by atoms with Gasteiger partial charge in [-0.3, -0.25) is 4.79 Å². The Morgan fingerprint density at radius 1 is 1.19 bits per heavy atom. The maximum atomic E-state index is 13.2. The Bertz CT molecular complexity index is 1090. The van der Waals surface area contributed by atoms with Gasteiger partial charge in [-0.15, -0.1) is 0 Å². The van der Waals surface area contributed by atoms with Crippen molar-refractivity contribution in [2.45, 2.75) is 32.4 Å². The Labute approximate surface area is 189 Å². The molecule has 3 aromatic rings. The molecule has 168 valence electrons. The number of aryl methyl sites for hydroxylation is 1. The number of hydrogen-bond acceptors (Lipinski definition) is 5. The van der Waals surface area contributed by atoms with E-state index < -0.39 is 0 Å². The molecule has 6 heteroatoms. The highest BCUT2D eigenvalue weighted by Crippen LogP contribution is 2.30. The van der Waals surface area contributed by atoms with E-state index in [0.717, 1.165) is 51.9 Å². The van der Waals surface area contributed by atoms with Crippen molar-refractivity contribution in [3.8, 4) is 17.0 Å². The van der Waals surface area contributed by atoms with Crippen LogP contribution in [-0.4, -0.2) is 55.9 Å². The largest absolute Gasteiger partial charge is 0.497 e. The van der Waals surface area contributed by atoms with Gasteiger partial charge in [0.1, 0.15) is 11.9 Å². The van der Waals surface area contributed by atoms with E-state index in [9.17, 15) is 4.79 Å². The van der Waals surface area contributed by atoms with E-state index in [0.29, 0.717) is 26.3 Å². The molecule has 1 fully saturated rings. The summed E-state index contributed by atoms with van der Waals surface area (Å²) in [4.78, 5) is 20.1. The lowest BCUT2D eigenvalue weighted by atomic mass is 10.0. The molecule has 0 bridgehead atoms. The molecule has 2 heterocycles. The van der Waals surface area contributed by atoms with Crippen LogP contribution in [-0.2, 0) is 20.8 Å². The Hall–Kier alpha value is -2.96. The van der Waals surface area contributed by atoms with Crippen LogP contribution < -0.4 is 4.74 Å². The van der Waals surface area contributed by atoms with Gasteiger partial charge in [0.2, 0.25) is 0 Å². The highest BCUT2D eigenvalue weighted by molar-refractivity contribution is 5.85. The number of benzene rings is 2. The summed E-state index contributed by atoms with van der Waals surface area (Å²) < 4.78 is 16.4. The monoisotopic (exact) mass is 434 g/mol. The zero-order chi connectivity index (χ0) is 22.5. The average Bonchev–Trinajstić information content (AvgIpc) is 3.35. The highest BCUT2D eigenvalue weighted by Gasteiger charge is 2.29. The van der Waals surface area contributed by atoms with Gasteiger partial charge in [-0.2, -0.15) is 0 Å². The fourth-order valence-corrected chi connectivity index (χ4v) is 4.13. The smallest absolute Gasteiger partial charge is 0.252 e. The predicted molar refractivity (Wildman–Crippen MR) is 125 cm³/mol. The number of hydrogen-bond donors (Lipinski definition) is 0. The first kappa shape index (κ1) is 22.2. The minimum absolute atomic E-state index is 0.0181. The molecule has 1 aliphatic heterocycles. The minimum Gasteiger partial charge on any atom is -0.497 e. The number of rotatable bonds is 8. The third-order valence-electron chi connectivity index (χ3n) is 5.84. The lowest BCUT2D eigenvalue weighted by Crippen LogP contribution is -2.40. The van der Waals surface area contributed by atoms with Gasteiger partial charge in [0.25, 0.3) is 5.91 Å². The summed E-state index contributed by atoms with van der Waals surface area (Å²) in [6.45, 7) is 4.13. The van der Waals surface area contributed by atoms with Crippen LogP contribution in [0.15, 0.2) is 48.5 Å². The fraction of sp³-hybridized carbons (Fsp3) is 0.385. The van der Waals surface area contributed by atoms with Crippen molar-refractivity contribution in [3.05, 3.63) is 59.7 Å². The van der Waals surface area contributed by atoms with Crippen molar-refractivity contribution < 1.29 is 19.0 Å². The predicted octanol–water partition coefficient (Wildman–Crippen LogP) is 4.37. The summed E-state index contributed by atoms with van der Waals surface area (Å²) in [5, 5.41) is 1.01. The van der Waals surface area contributed by atoms with E-state index >= 15 is 0 Å². The highest BCUT2D eigenvalue weighted by atomic mass is 16.5. The molecule has 4 rings (SSSR count). The molecule has 0 aliphatic carbocycles. The quantitative estimate of drug-likeness (QED) is 0.527. The number of aromatic nitrogens is 1. The van der Waals surface area contributed by atoms with Crippen molar-refractivity contribution in [2.75, 3.05) is 34.0 Å². The molecule has 0 saturated carbocycles. The van der Waals surface area contributed by atoms with E-state index in [4.69, 9.17) is 19.2 Å². The summed E-state index contributed by atoms with van der Waals surface area (Å²) in [7, 11) is 3.30. The van der Waals surface area contributed by atoms with Crippen LogP contribution in [0.3, 0.4) is 0 Å². The normalized spacial score (nSPS) is 15.8. The third-order valence-corrected chi connectivity index (χ3v) is 5.84. The number of fused-ring (bicyclic) bond motifs is 1. The zero-order valence-electron chi connectivity index (χ0n) is 19.0. The van der Waals surface area contributed by atoms with Crippen LogP contribution in [0.5, 0.6) is 5.75 Å². The van der Waals surface area contributed by atoms with E-state index in [-0.39, 0.29) is 12.0 Å². The second-order valence-corrected chi connectivity index (χ2v) is 8.18. The molecule has 2 aromatic carbocycles. The van der Waals surface area contributed by atoms with E-state index in [1.807, 2.05) is 29.2 Å². The summed E-state index contributed by atoms with van der Waals surface area (Å²) in [5.74, 6) is 0.785. The van der Waals surface area contributed by atoms with Crippen LogP contribution in [0.4, 0.5) is 0 Å². The molecule has 1 atom stereocenters. The van der Waals surface area contributed by atoms with Gasteiger partial charge >= 0.3 is 0 Å². The number of amides is 1. The van der Waals surface area contributed by atoms with Gasteiger partial charge in [-0.25, -0.2) is 4.98 Å². The van der Waals surface area contributed by atoms with Gasteiger partial charge in [-0.05, 0) is 49.6 Å². The summed E-state index contributed by atoms with van der Waals surface area (Å²) in [6.07, 6.45) is 1.32. The van der Waals surface area contributed by atoms with Gasteiger partial charge in [-0.1, -0.05) is 23.8 Å². The number of carbonyl (C=O) groups is 1. The standard InChI is InChI=1S/C26H30N2O4/c1-18-6-4-7-20(14-18)25-21(15-19-9-10-22(31-3)16-23(19)27-25)17-28(11-13-30-2)26(29)24-8-5-12-32-24/h4,6-7,9-10,14-16,24H,5,8,11-13,17H2,1-3H3/t24-/m0/s1. The van der Waals surface area contributed by atoms with Crippen molar-refractivity contribution >= 4 is 16.8 Å². The van der Waals surface area contributed by atoms with E-state index in [2.05, 4.69) is 31.2 Å². The van der Waals surface area contributed by atoms with Crippen molar-refractivity contribution in [1.29, 1.82) is 0 Å². The summed E-state index contributed by atoms with van der Waals surface area (Å²) in [5.41, 5.74) is 4.92. The second kappa shape index (κ2) is 10.1. The van der Waals surface area contributed by atoms with Crippen molar-refractivity contribution in [1.82, 2.24) is 9.88 Å². The Balaban J connectivity index is 1.77.